The average molecular weight is 438 g/mol. The van der Waals surface area contributed by atoms with E-state index in [1.807, 2.05) is 48.5 Å². The van der Waals surface area contributed by atoms with E-state index in [1.165, 1.54) is 0 Å². The number of rotatable bonds is 5. The Kier molecular flexibility index (Phi) is 6.37. The van der Waals surface area contributed by atoms with Crippen molar-refractivity contribution >= 4 is 23.5 Å². The second-order valence-electron chi connectivity index (χ2n) is 7.49. The van der Waals surface area contributed by atoms with Crippen LogP contribution in [0.15, 0.2) is 60.7 Å². The Bertz CT molecular complexity index is 1060. The fourth-order valence-corrected chi connectivity index (χ4v) is 3.93. The molecule has 6 nitrogen and oxygen atoms in total. The van der Waals surface area contributed by atoms with Gasteiger partial charge in [-0.3, -0.25) is 9.59 Å². The van der Waals surface area contributed by atoms with Crippen LogP contribution in [0.5, 0.6) is 0 Å². The first-order chi connectivity index (χ1) is 15.1. The van der Waals surface area contributed by atoms with Crippen LogP contribution in [0.2, 0.25) is 5.02 Å². The lowest BCUT2D eigenvalue weighted by Crippen LogP contribution is -2.41. The van der Waals surface area contributed by atoms with Crippen molar-refractivity contribution in [1.82, 2.24) is 14.7 Å². The number of likely N-dealkylation sites (tertiary alicyclic amines) is 1. The minimum absolute atomic E-state index is 0.105. The molecular weight excluding hydrogens is 414 g/mol. The summed E-state index contributed by atoms with van der Waals surface area (Å²) in [6, 6.07) is 18.8. The van der Waals surface area contributed by atoms with E-state index in [4.69, 9.17) is 21.4 Å². The average Bonchev–Trinajstić information content (AvgIpc) is 3.25. The molecule has 0 saturated carbocycles. The topological polar surface area (TPSA) is 64.4 Å². The maximum atomic E-state index is 13.4. The molecule has 3 aromatic rings. The number of carbonyl (C=O) groups is 2. The van der Waals surface area contributed by atoms with Gasteiger partial charge in [0.05, 0.1) is 23.9 Å². The van der Waals surface area contributed by atoms with Crippen molar-refractivity contribution in [3.63, 3.8) is 0 Å². The maximum absolute atomic E-state index is 13.4. The number of piperidine rings is 1. The van der Waals surface area contributed by atoms with Crippen molar-refractivity contribution in [2.45, 2.75) is 19.8 Å². The second kappa shape index (κ2) is 9.35. The molecule has 7 heteroatoms. The minimum atomic E-state index is -0.174. The van der Waals surface area contributed by atoms with Crippen molar-refractivity contribution in [2.24, 2.45) is 5.92 Å². The quantitative estimate of drug-likeness (QED) is 0.547. The predicted octanol–water partition coefficient (Wildman–Crippen LogP) is 4.61. The molecule has 0 aliphatic carbocycles. The second-order valence-corrected chi connectivity index (χ2v) is 7.92. The molecule has 0 radical (unpaired) electrons. The van der Waals surface area contributed by atoms with Crippen LogP contribution < -0.4 is 0 Å². The lowest BCUT2D eigenvalue weighted by atomic mass is 9.97. The molecule has 0 bridgehead atoms. The number of esters is 1. The molecule has 1 fully saturated rings. The lowest BCUT2D eigenvalue weighted by molar-refractivity contribution is -0.149. The van der Waals surface area contributed by atoms with Crippen molar-refractivity contribution in [1.29, 1.82) is 0 Å². The summed E-state index contributed by atoms with van der Waals surface area (Å²) >= 11 is 6.04. The molecule has 1 aliphatic rings. The number of halogens is 1. The fraction of sp³-hybridized carbons (Fsp3) is 0.292. The van der Waals surface area contributed by atoms with Crippen LogP contribution in [0.25, 0.3) is 16.9 Å². The molecular formula is C24H24ClN3O3. The van der Waals surface area contributed by atoms with Crippen LogP contribution in [0.4, 0.5) is 0 Å². The fourth-order valence-electron chi connectivity index (χ4n) is 3.80. The van der Waals surface area contributed by atoms with Gasteiger partial charge in [-0.1, -0.05) is 41.9 Å². The molecule has 0 N–H and O–H groups in total. The monoisotopic (exact) mass is 437 g/mol. The van der Waals surface area contributed by atoms with Crippen LogP contribution in [0, 0.1) is 5.92 Å². The van der Waals surface area contributed by atoms with Gasteiger partial charge in [0, 0.05) is 23.7 Å². The van der Waals surface area contributed by atoms with E-state index in [9.17, 15) is 9.59 Å². The molecule has 4 rings (SSSR count). The zero-order valence-electron chi connectivity index (χ0n) is 17.3. The number of aromatic nitrogens is 2. The predicted molar refractivity (Wildman–Crippen MR) is 119 cm³/mol. The minimum Gasteiger partial charge on any atom is -0.466 e. The first-order valence-electron chi connectivity index (χ1n) is 10.4. The van der Waals surface area contributed by atoms with E-state index in [0.29, 0.717) is 43.3 Å². The normalized spacial score (nSPS) is 14.5. The molecule has 31 heavy (non-hydrogen) atoms. The molecule has 0 unspecified atom stereocenters. The lowest BCUT2D eigenvalue weighted by Gasteiger charge is -2.30. The van der Waals surface area contributed by atoms with Crippen LogP contribution in [0.3, 0.4) is 0 Å². The third kappa shape index (κ3) is 4.64. The van der Waals surface area contributed by atoms with Gasteiger partial charge in [0.15, 0.2) is 0 Å². The molecule has 1 saturated heterocycles. The van der Waals surface area contributed by atoms with E-state index >= 15 is 0 Å². The Labute approximate surface area is 186 Å². The van der Waals surface area contributed by atoms with Crippen molar-refractivity contribution in [3.8, 4) is 16.9 Å². The molecule has 1 amide bonds. The summed E-state index contributed by atoms with van der Waals surface area (Å²) in [5, 5.41) is 5.33. The van der Waals surface area contributed by atoms with Crippen LogP contribution in [0.1, 0.15) is 30.3 Å². The van der Waals surface area contributed by atoms with Gasteiger partial charge in [0.1, 0.15) is 5.69 Å². The Morgan fingerprint density at radius 3 is 2.39 bits per heavy atom. The van der Waals surface area contributed by atoms with Gasteiger partial charge in [-0.15, -0.1) is 0 Å². The van der Waals surface area contributed by atoms with Gasteiger partial charge >= 0.3 is 5.97 Å². The van der Waals surface area contributed by atoms with Crippen LogP contribution >= 0.6 is 11.6 Å². The molecule has 2 aromatic carbocycles. The molecule has 2 heterocycles. The molecule has 160 valence electrons. The Morgan fingerprint density at radius 2 is 1.74 bits per heavy atom. The van der Waals surface area contributed by atoms with Gasteiger partial charge in [-0.25, -0.2) is 4.68 Å². The molecule has 0 spiro atoms. The number of carbonyl (C=O) groups excluding carboxylic acids is 2. The number of hydrogen-bond donors (Lipinski definition) is 0. The summed E-state index contributed by atoms with van der Waals surface area (Å²) in [6.07, 6.45) is 1.20. The van der Waals surface area contributed by atoms with E-state index < -0.39 is 0 Å². The summed E-state index contributed by atoms with van der Waals surface area (Å²) in [6.45, 7) is 3.20. The van der Waals surface area contributed by atoms with Gasteiger partial charge in [0.2, 0.25) is 0 Å². The van der Waals surface area contributed by atoms with Crippen LogP contribution in [-0.2, 0) is 9.53 Å². The van der Waals surface area contributed by atoms with Crippen molar-refractivity contribution in [3.05, 3.63) is 71.4 Å². The third-order valence-corrected chi connectivity index (χ3v) is 5.72. The summed E-state index contributed by atoms with van der Waals surface area (Å²) in [5.41, 5.74) is 2.90. The summed E-state index contributed by atoms with van der Waals surface area (Å²) in [4.78, 5) is 27.2. The Hall–Kier alpha value is -3.12. The zero-order chi connectivity index (χ0) is 21.8. The number of benzene rings is 2. The molecule has 0 atom stereocenters. The highest BCUT2D eigenvalue weighted by atomic mass is 35.5. The molecule has 1 aromatic heterocycles. The first-order valence-corrected chi connectivity index (χ1v) is 10.8. The van der Waals surface area contributed by atoms with E-state index in [1.54, 1.807) is 28.6 Å². The maximum Gasteiger partial charge on any atom is 0.309 e. The van der Waals surface area contributed by atoms with Gasteiger partial charge in [-0.2, -0.15) is 5.10 Å². The zero-order valence-corrected chi connectivity index (χ0v) is 18.1. The third-order valence-electron chi connectivity index (χ3n) is 5.47. The van der Waals surface area contributed by atoms with Crippen molar-refractivity contribution in [2.75, 3.05) is 19.7 Å². The smallest absolute Gasteiger partial charge is 0.309 e. The highest BCUT2D eigenvalue weighted by Crippen LogP contribution is 2.26. The van der Waals surface area contributed by atoms with E-state index in [2.05, 4.69) is 0 Å². The summed E-state index contributed by atoms with van der Waals surface area (Å²) in [5.74, 6) is -0.427. The number of amides is 1. The number of nitrogens with zero attached hydrogens (tertiary/aromatic N) is 3. The highest BCUT2D eigenvalue weighted by Gasteiger charge is 2.30. The number of ether oxygens (including phenoxy) is 1. The van der Waals surface area contributed by atoms with Crippen LogP contribution in [-0.4, -0.2) is 46.3 Å². The van der Waals surface area contributed by atoms with Gasteiger partial charge < -0.3 is 9.64 Å². The standard InChI is InChI=1S/C24H24ClN3O3/c1-2-31-24(30)18-12-14-27(15-13-18)23(29)22-16-21(17-6-4-3-5-7-17)26-28(22)20-10-8-19(25)9-11-20/h3-11,16,18H,2,12-15H2,1H3. The first kappa shape index (κ1) is 21.1. The van der Waals surface area contributed by atoms with Gasteiger partial charge in [-0.05, 0) is 50.1 Å². The molecule has 1 aliphatic heterocycles. The highest BCUT2D eigenvalue weighted by molar-refractivity contribution is 6.30. The Balaban J connectivity index is 1.62. The SMILES string of the molecule is CCOC(=O)C1CCN(C(=O)c2cc(-c3ccccc3)nn2-c2ccc(Cl)cc2)CC1. The van der Waals surface area contributed by atoms with E-state index in [-0.39, 0.29) is 17.8 Å². The Morgan fingerprint density at radius 1 is 1.06 bits per heavy atom. The van der Waals surface area contributed by atoms with Crippen molar-refractivity contribution < 1.29 is 14.3 Å². The number of hydrogen-bond acceptors (Lipinski definition) is 4. The summed E-state index contributed by atoms with van der Waals surface area (Å²) < 4.78 is 6.80. The van der Waals surface area contributed by atoms with Gasteiger partial charge in [0.25, 0.3) is 5.91 Å². The largest absolute Gasteiger partial charge is 0.466 e. The summed E-state index contributed by atoms with van der Waals surface area (Å²) in [7, 11) is 0. The van der Waals surface area contributed by atoms with E-state index in [0.717, 1.165) is 16.9 Å².